The highest BCUT2D eigenvalue weighted by Gasteiger charge is 2.16. The van der Waals surface area contributed by atoms with Crippen molar-refractivity contribution in [3.05, 3.63) is 65.7 Å². The Morgan fingerprint density at radius 1 is 1.18 bits per heavy atom. The van der Waals surface area contributed by atoms with Crippen molar-refractivity contribution >= 4 is 5.91 Å². The standard InChI is InChI=1S/C16H16F2N2O2/c17-12-6-7-14(13(18)10-12)22-9-8-20-15(16(19)21)11-4-2-1-3-5-11/h1-7,10,15,20H,8-9H2,(H2,19,21). The number of carbonyl (C=O) groups is 1. The van der Waals surface area contributed by atoms with Gasteiger partial charge in [-0.2, -0.15) is 0 Å². The second-order valence-corrected chi connectivity index (χ2v) is 4.62. The van der Waals surface area contributed by atoms with Gasteiger partial charge in [-0.15, -0.1) is 0 Å². The van der Waals surface area contributed by atoms with E-state index < -0.39 is 23.6 Å². The summed E-state index contributed by atoms with van der Waals surface area (Å²) in [5, 5.41) is 2.94. The van der Waals surface area contributed by atoms with Crippen LogP contribution in [0.3, 0.4) is 0 Å². The Morgan fingerprint density at radius 3 is 2.55 bits per heavy atom. The molecule has 2 aromatic rings. The zero-order chi connectivity index (χ0) is 15.9. The summed E-state index contributed by atoms with van der Waals surface area (Å²) in [6, 6.07) is 11.4. The van der Waals surface area contributed by atoms with Crippen LogP contribution in [0.15, 0.2) is 48.5 Å². The lowest BCUT2D eigenvalue weighted by molar-refractivity contribution is -0.120. The molecular formula is C16H16F2N2O2. The Labute approximate surface area is 126 Å². The minimum atomic E-state index is -0.769. The summed E-state index contributed by atoms with van der Waals surface area (Å²) in [6.07, 6.45) is 0. The van der Waals surface area contributed by atoms with Crippen molar-refractivity contribution in [2.24, 2.45) is 5.73 Å². The van der Waals surface area contributed by atoms with Gasteiger partial charge in [-0.05, 0) is 17.7 Å². The first-order chi connectivity index (χ1) is 10.6. The summed E-state index contributed by atoms with van der Waals surface area (Å²) >= 11 is 0. The number of amides is 1. The van der Waals surface area contributed by atoms with Crippen molar-refractivity contribution in [1.29, 1.82) is 0 Å². The summed E-state index contributed by atoms with van der Waals surface area (Å²) in [5.74, 6) is -1.99. The molecule has 0 saturated heterocycles. The molecule has 1 unspecified atom stereocenters. The van der Waals surface area contributed by atoms with Gasteiger partial charge in [0.1, 0.15) is 18.5 Å². The molecule has 1 amide bonds. The van der Waals surface area contributed by atoms with E-state index in [0.717, 1.165) is 17.7 Å². The number of hydrogen-bond donors (Lipinski definition) is 2. The molecule has 116 valence electrons. The van der Waals surface area contributed by atoms with Gasteiger partial charge in [0, 0.05) is 12.6 Å². The van der Waals surface area contributed by atoms with E-state index in [9.17, 15) is 13.6 Å². The zero-order valence-corrected chi connectivity index (χ0v) is 11.8. The van der Waals surface area contributed by atoms with Crippen molar-refractivity contribution in [3.8, 4) is 5.75 Å². The second kappa shape index (κ2) is 7.51. The number of carbonyl (C=O) groups excluding carboxylic acids is 1. The summed E-state index contributed by atoms with van der Waals surface area (Å²) in [4.78, 5) is 11.5. The Balaban J connectivity index is 1.87. The van der Waals surface area contributed by atoms with E-state index in [1.165, 1.54) is 6.07 Å². The number of ether oxygens (including phenoxy) is 1. The van der Waals surface area contributed by atoms with Crippen molar-refractivity contribution in [3.63, 3.8) is 0 Å². The highest BCUT2D eigenvalue weighted by molar-refractivity contribution is 5.81. The van der Waals surface area contributed by atoms with Gasteiger partial charge in [-0.1, -0.05) is 30.3 Å². The number of nitrogens with one attached hydrogen (secondary N) is 1. The number of nitrogens with two attached hydrogens (primary N) is 1. The quantitative estimate of drug-likeness (QED) is 0.771. The molecule has 2 rings (SSSR count). The van der Waals surface area contributed by atoms with Crippen LogP contribution in [0.5, 0.6) is 5.75 Å². The highest BCUT2D eigenvalue weighted by Crippen LogP contribution is 2.17. The molecule has 22 heavy (non-hydrogen) atoms. The van der Waals surface area contributed by atoms with Crippen molar-refractivity contribution in [2.45, 2.75) is 6.04 Å². The van der Waals surface area contributed by atoms with Gasteiger partial charge < -0.3 is 10.5 Å². The molecule has 0 aliphatic heterocycles. The van der Waals surface area contributed by atoms with E-state index in [0.29, 0.717) is 0 Å². The fourth-order valence-corrected chi connectivity index (χ4v) is 1.98. The van der Waals surface area contributed by atoms with Crippen molar-refractivity contribution < 1.29 is 18.3 Å². The smallest absolute Gasteiger partial charge is 0.239 e. The normalized spacial score (nSPS) is 11.9. The monoisotopic (exact) mass is 306 g/mol. The Bertz CT molecular complexity index is 635. The van der Waals surface area contributed by atoms with Crippen LogP contribution >= 0.6 is 0 Å². The first-order valence-corrected chi connectivity index (χ1v) is 6.73. The summed E-state index contributed by atoms with van der Waals surface area (Å²) in [6.45, 7) is 0.387. The molecule has 1 atom stereocenters. The first kappa shape index (κ1) is 15.9. The second-order valence-electron chi connectivity index (χ2n) is 4.62. The van der Waals surface area contributed by atoms with Crippen LogP contribution in [0.1, 0.15) is 11.6 Å². The fraction of sp³-hybridized carbons (Fsp3) is 0.188. The van der Waals surface area contributed by atoms with Crippen LogP contribution in [-0.2, 0) is 4.79 Å². The molecular weight excluding hydrogens is 290 g/mol. The van der Waals surface area contributed by atoms with Crippen LogP contribution in [0.4, 0.5) is 8.78 Å². The van der Waals surface area contributed by atoms with E-state index in [-0.39, 0.29) is 18.9 Å². The number of rotatable bonds is 7. The molecule has 2 aromatic carbocycles. The Kier molecular flexibility index (Phi) is 5.43. The molecule has 0 saturated carbocycles. The van der Waals surface area contributed by atoms with E-state index in [2.05, 4.69) is 5.32 Å². The average Bonchev–Trinajstić information content (AvgIpc) is 2.49. The molecule has 4 nitrogen and oxygen atoms in total. The lowest BCUT2D eigenvalue weighted by Crippen LogP contribution is -2.35. The predicted molar refractivity (Wildman–Crippen MR) is 78.2 cm³/mol. The number of primary amides is 1. The van der Waals surface area contributed by atoms with Gasteiger partial charge in [0.05, 0.1) is 0 Å². The minimum absolute atomic E-state index is 0.0430. The lowest BCUT2D eigenvalue weighted by atomic mass is 10.1. The van der Waals surface area contributed by atoms with Crippen LogP contribution < -0.4 is 15.8 Å². The Hall–Kier alpha value is -2.47. The molecule has 0 spiro atoms. The van der Waals surface area contributed by atoms with Crippen LogP contribution in [0.25, 0.3) is 0 Å². The van der Waals surface area contributed by atoms with E-state index in [1.807, 2.05) is 6.07 Å². The maximum Gasteiger partial charge on any atom is 0.239 e. The highest BCUT2D eigenvalue weighted by atomic mass is 19.1. The maximum atomic E-state index is 13.4. The predicted octanol–water partition coefficient (Wildman–Crippen LogP) is 2.16. The van der Waals surface area contributed by atoms with Crippen molar-refractivity contribution in [1.82, 2.24) is 5.32 Å². The molecule has 0 bridgehead atoms. The van der Waals surface area contributed by atoms with Gasteiger partial charge >= 0.3 is 0 Å². The maximum absolute atomic E-state index is 13.4. The number of halogens is 2. The van der Waals surface area contributed by atoms with Crippen LogP contribution in [0.2, 0.25) is 0 Å². The molecule has 0 fully saturated rings. The lowest BCUT2D eigenvalue weighted by Gasteiger charge is -2.16. The molecule has 0 radical (unpaired) electrons. The molecule has 0 aromatic heterocycles. The summed E-state index contributed by atoms with van der Waals surface area (Å²) in [7, 11) is 0. The van der Waals surface area contributed by atoms with Crippen LogP contribution in [-0.4, -0.2) is 19.1 Å². The molecule has 0 aliphatic rings. The third-order valence-electron chi connectivity index (χ3n) is 3.02. The van der Waals surface area contributed by atoms with E-state index in [4.69, 9.17) is 10.5 Å². The number of hydrogen-bond acceptors (Lipinski definition) is 3. The summed E-state index contributed by atoms with van der Waals surface area (Å²) in [5.41, 5.74) is 6.10. The van der Waals surface area contributed by atoms with Gasteiger partial charge in [0.15, 0.2) is 11.6 Å². The van der Waals surface area contributed by atoms with E-state index >= 15 is 0 Å². The molecule has 0 aliphatic carbocycles. The average molecular weight is 306 g/mol. The number of benzene rings is 2. The topological polar surface area (TPSA) is 64.4 Å². The van der Waals surface area contributed by atoms with Gasteiger partial charge in [0.2, 0.25) is 5.91 Å². The van der Waals surface area contributed by atoms with Gasteiger partial charge in [-0.25, -0.2) is 8.78 Å². The molecule has 3 N–H and O–H groups in total. The van der Waals surface area contributed by atoms with Gasteiger partial charge in [-0.3, -0.25) is 10.1 Å². The molecule has 0 heterocycles. The molecule has 6 heteroatoms. The van der Waals surface area contributed by atoms with Gasteiger partial charge in [0.25, 0.3) is 0 Å². The Morgan fingerprint density at radius 2 is 1.91 bits per heavy atom. The van der Waals surface area contributed by atoms with E-state index in [1.54, 1.807) is 24.3 Å². The SMILES string of the molecule is NC(=O)C(NCCOc1ccc(F)cc1F)c1ccccc1. The van der Waals surface area contributed by atoms with Crippen LogP contribution in [0, 0.1) is 11.6 Å². The largest absolute Gasteiger partial charge is 0.489 e. The summed E-state index contributed by atoms with van der Waals surface area (Å²) < 4.78 is 31.3. The third kappa shape index (κ3) is 4.26. The third-order valence-corrected chi connectivity index (χ3v) is 3.02. The minimum Gasteiger partial charge on any atom is -0.489 e. The van der Waals surface area contributed by atoms with Crippen molar-refractivity contribution in [2.75, 3.05) is 13.2 Å². The first-order valence-electron chi connectivity index (χ1n) is 6.73. The fourth-order valence-electron chi connectivity index (χ4n) is 1.98. The zero-order valence-electron chi connectivity index (χ0n) is 11.8.